The fraction of sp³-hybridized carbons (Fsp3) is 0.467. The molecule has 0 aromatic heterocycles. The van der Waals surface area contributed by atoms with E-state index in [2.05, 4.69) is 5.32 Å². The van der Waals surface area contributed by atoms with Gasteiger partial charge in [-0.1, -0.05) is 18.6 Å². The molecular weight excluding hydrogens is 242 g/mol. The van der Waals surface area contributed by atoms with Gasteiger partial charge in [-0.3, -0.25) is 4.79 Å². The Morgan fingerprint density at radius 3 is 2.74 bits per heavy atom. The van der Waals surface area contributed by atoms with E-state index in [1.165, 1.54) is 19.3 Å². The topological polar surface area (TPSA) is 66.4 Å². The summed E-state index contributed by atoms with van der Waals surface area (Å²) in [6.45, 7) is 0.564. The molecule has 2 rings (SSSR count). The maximum atomic E-state index is 11.6. The molecule has 0 unspecified atom stereocenters. The molecule has 0 saturated heterocycles. The number of carboxylic acid groups (broad SMARTS) is 1. The molecule has 0 heterocycles. The Kier molecular flexibility index (Phi) is 4.55. The molecule has 0 bridgehead atoms. The molecule has 1 aromatic carbocycles. The summed E-state index contributed by atoms with van der Waals surface area (Å²) in [6, 6.07) is 6.83. The van der Waals surface area contributed by atoms with Gasteiger partial charge < -0.3 is 10.4 Å². The van der Waals surface area contributed by atoms with Crippen LogP contribution < -0.4 is 5.32 Å². The summed E-state index contributed by atoms with van der Waals surface area (Å²) in [5.41, 5.74) is 1.22. The van der Waals surface area contributed by atoms with Crippen LogP contribution in [0, 0.1) is 5.92 Å². The van der Waals surface area contributed by atoms with Crippen molar-refractivity contribution < 1.29 is 14.7 Å². The van der Waals surface area contributed by atoms with Crippen molar-refractivity contribution in [1.29, 1.82) is 0 Å². The van der Waals surface area contributed by atoms with Gasteiger partial charge in [0.15, 0.2) is 0 Å². The van der Waals surface area contributed by atoms with Crippen molar-refractivity contribution in [2.24, 2.45) is 5.92 Å². The number of carbonyl (C=O) groups excluding carboxylic acids is 1. The van der Waals surface area contributed by atoms with Gasteiger partial charge in [-0.2, -0.15) is 0 Å². The second-order valence-corrected chi connectivity index (χ2v) is 5.11. The number of carbonyl (C=O) groups is 2. The number of aromatic carboxylic acids is 1. The normalized spacial score (nSPS) is 14.7. The summed E-state index contributed by atoms with van der Waals surface area (Å²) in [5, 5.41) is 11.8. The van der Waals surface area contributed by atoms with E-state index in [0.717, 1.165) is 5.56 Å². The van der Waals surface area contributed by atoms with E-state index < -0.39 is 5.97 Å². The Bertz CT molecular complexity index is 466. The monoisotopic (exact) mass is 261 g/mol. The lowest BCUT2D eigenvalue weighted by molar-refractivity contribution is -0.122. The quantitative estimate of drug-likeness (QED) is 0.825. The largest absolute Gasteiger partial charge is 0.478 e. The Balaban J connectivity index is 1.74. The Labute approximate surface area is 112 Å². The number of hydrogen-bond donors (Lipinski definition) is 2. The molecule has 0 aliphatic heterocycles. The Morgan fingerprint density at radius 2 is 2.11 bits per heavy atom. The fourth-order valence-corrected chi connectivity index (χ4v) is 2.24. The van der Waals surface area contributed by atoms with Gasteiger partial charge >= 0.3 is 5.97 Å². The van der Waals surface area contributed by atoms with Crippen molar-refractivity contribution in [3.8, 4) is 0 Å². The lowest BCUT2D eigenvalue weighted by atomic mass is 9.83. The predicted molar refractivity (Wildman–Crippen MR) is 72.1 cm³/mol. The van der Waals surface area contributed by atoms with E-state index in [1.807, 2.05) is 6.07 Å². The highest BCUT2D eigenvalue weighted by molar-refractivity contribution is 5.87. The van der Waals surface area contributed by atoms with Gasteiger partial charge in [0, 0.05) is 13.0 Å². The summed E-state index contributed by atoms with van der Waals surface area (Å²) in [7, 11) is 0. The van der Waals surface area contributed by atoms with E-state index in [9.17, 15) is 9.59 Å². The third-order valence-electron chi connectivity index (χ3n) is 3.61. The highest BCUT2D eigenvalue weighted by atomic mass is 16.4. The van der Waals surface area contributed by atoms with Crippen molar-refractivity contribution in [1.82, 2.24) is 5.32 Å². The van der Waals surface area contributed by atoms with Gasteiger partial charge in [0.1, 0.15) is 0 Å². The van der Waals surface area contributed by atoms with E-state index in [4.69, 9.17) is 5.11 Å². The molecule has 1 aromatic rings. The number of carboxylic acids is 1. The van der Waals surface area contributed by atoms with E-state index in [1.54, 1.807) is 18.2 Å². The van der Waals surface area contributed by atoms with Crippen molar-refractivity contribution in [2.45, 2.75) is 32.1 Å². The zero-order valence-electron chi connectivity index (χ0n) is 10.9. The van der Waals surface area contributed by atoms with Crippen LogP contribution >= 0.6 is 0 Å². The van der Waals surface area contributed by atoms with E-state index >= 15 is 0 Å². The molecule has 1 aliphatic rings. The Morgan fingerprint density at radius 1 is 1.32 bits per heavy atom. The summed E-state index contributed by atoms with van der Waals surface area (Å²) in [4.78, 5) is 22.4. The van der Waals surface area contributed by atoms with Gasteiger partial charge in [-0.05, 0) is 42.9 Å². The van der Waals surface area contributed by atoms with Crippen molar-refractivity contribution >= 4 is 11.9 Å². The SMILES string of the molecule is O=C(CC1CCC1)NCCc1cccc(C(=O)O)c1. The zero-order chi connectivity index (χ0) is 13.7. The first-order valence-corrected chi connectivity index (χ1v) is 6.74. The molecule has 0 radical (unpaired) electrons. The van der Waals surface area contributed by atoms with Crippen molar-refractivity contribution in [3.63, 3.8) is 0 Å². The number of nitrogens with one attached hydrogen (secondary N) is 1. The number of rotatable bonds is 6. The van der Waals surface area contributed by atoms with Gasteiger partial charge in [0.05, 0.1) is 5.56 Å². The molecule has 102 valence electrons. The van der Waals surface area contributed by atoms with Crippen LogP contribution in [0.15, 0.2) is 24.3 Å². The standard InChI is InChI=1S/C15H19NO3/c17-14(10-11-3-1-4-11)16-8-7-12-5-2-6-13(9-12)15(18)19/h2,5-6,9,11H,1,3-4,7-8,10H2,(H,16,17)(H,18,19). The summed E-state index contributed by atoms with van der Waals surface area (Å²) >= 11 is 0. The average Bonchev–Trinajstić information content (AvgIpc) is 2.34. The van der Waals surface area contributed by atoms with Crippen LogP contribution in [0.1, 0.15) is 41.6 Å². The maximum absolute atomic E-state index is 11.6. The molecule has 0 atom stereocenters. The zero-order valence-corrected chi connectivity index (χ0v) is 10.9. The summed E-state index contributed by atoms with van der Waals surface area (Å²) in [5.74, 6) is -0.231. The smallest absolute Gasteiger partial charge is 0.335 e. The van der Waals surface area contributed by atoms with Crippen LogP contribution in [0.4, 0.5) is 0 Å². The van der Waals surface area contributed by atoms with Crippen LogP contribution in [0.25, 0.3) is 0 Å². The van der Waals surface area contributed by atoms with E-state index in [-0.39, 0.29) is 5.91 Å². The second-order valence-electron chi connectivity index (χ2n) is 5.11. The molecule has 1 amide bonds. The van der Waals surface area contributed by atoms with Crippen LogP contribution in [0.5, 0.6) is 0 Å². The minimum atomic E-state index is -0.920. The molecule has 0 spiro atoms. The summed E-state index contributed by atoms with van der Waals surface area (Å²) in [6.07, 6.45) is 4.90. The first-order valence-electron chi connectivity index (χ1n) is 6.74. The molecule has 19 heavy (non-hydrogen) atoms. The maximum Gasteiger partial charge on any atom is 0.335 e. The lowest BCUT2D eigenvalue weighted by Gasteiger charge is -2.24. The molecule has 1 saturated carbocycles. The van der Waals surface area contributed by atoms with Gasteiger partial charge in [-0.25, -0.2) is 4.79 Å². The van der Waals surface area contributed by atoms with Gasteiger partial charge in [0.2, 0.25) is 5.91 Å². The second kappa shape index (κ2) is 6.36. The van der Waals surface area contributed by atoms with Crippen LogP contribution in [-0.4, -0.2) is 23.5 Å². The first-order chi connectivity index (χ1) is 9.15. The van der Waals surface area contributed by atoms with Crippen LogP contribution in [0.2, 0.25) is 0 Å². The fourth-order valence-electron chi connectivity index (χ4n) is 2.24. The summed E-state index contributed by atoms with van der Waals surface area (Å²) < 4.78 is 0. The minimum Gasteiger partial charge on any atom is -0.478 e. The molecule has 2 N–H and O–H groups in total. The van der Waals surface area contributed by atoms with Crippen molar-refractivity contribution in [3.05, 3.63) is 35.4 Å². The van der Waals surface area contributed by atoms with E-state index in [0.29, 0.717) is 30.9 Å². The molecular formula is C15H19NO3. The molecule has 1 aliphatic carbocycles. The number of hydrogen-bond acceptors (Lipinski definition) is 2. The Hall–Kier alpha value is -1.84. The molecule has 4 nitrogen and oxygen atoms in total. The first kappa shape index (κ1) is 13.6. The number of amides is 1. The molecule has 1 fully saturated rings. The lowest BCUT2D eigenvalue weighted by Crippen LogP contribution is -2.29. The number of benzene rings is 1. The van der Waals surface area contributed by atoms with Gasteiger partial charge in [-0.15, -0.1) is 0 Å². The highest BCUT2D eigenvalue weighted by Crippen LogP contribution is 2.28. The third-order valence-corrected chi connectivity index (χ3v) is 3.61. The predicted octanol–water partition coefficient (Wildman–Crippen LogP) is 2.23. The average molecular weight is 261 g/mol. The minimum absolute atomic E-state index is 0.110. The van der Waals surface area contributed by atoms with Gasteiger partial charge in [0.25, 0.3) is 0 Å². The molecule has 4 heteroatoms. The highest BCUT2D eigenvalue weighted by Gasteiger charge is 2.20. The van der Waals surface area contributed by atoms with Crippen LogP contribution in [0.3, 0.4) is 0 Å². The van der Waals surface area contributed by atoms with Crippen molar-refractivity contribution in [2.75, 3.05) is 6.54 Å². The van der Waals surface area contributed by atoms with Crippen LogP contribution in [-0.2, 0) is 11.2 Å². The third kappa shape index (κ3) is 4.09.